The van der Waals surface area contributed by atoms with Crippen molar-refractivity contribution >= 4 is 17.5 Å². The van der Waals surface area contributed by atoms with E-state index < -0.39 is 5.41 Å². The summed E-state index contributed by atoms with van der Waals surface area (Å²) in [5, 5.41) is 0. The summed E-state index contributed by atoms with van der Waals surface area (Å²) in [4.78, 5) is 35.6. The number of carbonyl (C=O) groups excluding carboxylic acids is 2. The van der Waals surface area contributed by atoms with Crippen LogP contribution in [0.1, 0.15) is 118 Å². The molecule has 1 aromatic heterocycles. The van der Waals surface area contributed by atoms with Crippen molar-refractivity contribution in [1.82, 2.24) is 9.97 Å². The first-order valence-electron chi connectivity index (χ1n) is 16.0. The lowest BCUT2D eigenvalue weighted by atomic mass is 9.33. The van der Waals surface area contributed by atoms with E-state index in [0.29, 0.717) is 11.8 Å². The number of rotatable bonds is 3. The Balaban J connectivity index is 1.45. The highest BCUT2D eigenvalue weighted by Gasteiger charge is 2.71. The van der Waals surface area contributed by atoms with E-state index >= 15 is 0 Å². The molecule has 5 aliphatic carbocycles. The molecule has 4 fully saturated rings. The van der Waals surface area contributed by atoms with Gasteiger partial charge in [-0.15, -0.1) is 0 Å². The van der Waals surface area contributed by atoms with E-state index in [9.17, 15) is 9.59 Å². The molecular weight excluding hydrogens is 512 g/mol. The van der Waals surface area contributed by atoms with Gasteiger partial charge in [-0.05, 0) is 102 Å². The molecule has 0 unspecified atom stereocenters. The summed E-state index contributed by atoms with van der Waals surface area (Å²) in [5.41, 5.74) is 3.75. The van der Waals surface area contributed by atoms with Crippen molar-refractivity contribution in [2.24, 2.45) is 45.3 Å². The summed E-state index contributed by atoms with van der Waals surface area (Å²) in [6.45, 7) is 18.4. The van der Waals surface area contributed by atoms with Crippen molar-refractivity contribution in [3.63, 3.8) is 0 Å². The topological polar surface area (TPSA) is 78.4 Å². The van der Waals surface area contributed by atoms with E-state index in [1.807, 2.05) is 0 Å². The number of aromatic nitrogens is 2. The summed E-state index contributed by atoms with van der Waals surface area (Å²) < 4.78 is 11.5. The van der Waals surface area contributed by atoms with Gasteiger partial charge in [0.05, 0.1) is 18.5 Å². The Morgan fingerprint density at radius 2 is 1.59 bits per heavy atom. The van der Waals surface area contributed by atoms with Gasteiger partial charge in [0.25, 0.3) is 0 Å². The maximum atomic E-state index is 13.9. The Hall–Kier alpha value is -2.24. The second kappa shape index (κ2) is 9.13. The van der Waals surface area contributed by atoms with Crippen molar-refractivity contribution in [2.45, 2.75) is 118 Å². The fraction of sp³-hybridized carbons (Fsp3) is 0.771. The van der Waals surface area contributed by atoms with Gasteiger partial charge in [0, 0.05) is 24.7 Å². The Morgan fingerprint density at radius 1 is 0.878 bits per heavy atom. The van der Waals surface area contributed by atoms with Crippen LogP contribution in [0.4, 0.5) is 0 Å². The third kappa shape index (κ3) is 3.48. The van der Waals surface area contributed by atoms with E-state index in [4.69, 9.17) is 19.4 Å². The highest BCUT2D eigenvalue weighted by molar-refractivity contribution is 5.96. The van der Waals surface area contributed by atoms with Crippen LogP contribution in [-0.4, -0.2) is 35.1 Å². The monoisotopic (exact) mass is 562 g/mol. The van der Waals surface area contributed by atoms with Gasteiger partial charge >= 0.3 is 11.9 Å². The number of allylic oxidation sites excluding steroid dienone is 1. The van der Waals surface area contributed by atoms with E-state index in [1.165, 1.54) is 24.7 Å². The van der Waals surface area contributed by atoms with Gasteiger partial charge in [-0.1, -0.05) is 48.5 Å². The molecule has 6 heteroatoms. The fourth-order valence-corrected chi connectivity index (χ4v) is 11.8. The number of hydrogen-bond donors (Lipinski definition) is 0. The summed E-state index contributed by atoms with van der Waals surface area (Å²) in [6, 6.07) is 0. The summed E-state index contributed by atoms with van der Waals surface area (Å²) >= 11 is 0. The largest absolute Gasteiger partial charge is 0.468 e. The number of hydrogen-bond acceptors (Lipinski definition) is 6. The average molecular weight is 563 g/mol. The number of ether oxygens (including phenoxy) is 2. The van der Waals surface area contributed by atoms with Crippen molar-refractivity contribution in [3.05, 3.63) is 29.4 Å². The number of esters is 2. The summed E-state index contributed by atoms with van der Waals surface area (Å²) in [6.07, 6.45) is 11.8. The molecule has 0 bridgehead atoms. The molecule has 1 heterocycles. The molecule has 0 saturated heterocycles. The van der Waals surface area contributed by atoms with Gasteiger partial charge in [0.15, 0.2) is 0 Å². The lowest BCUT2D eigenvalue weighted by Crippen LogP contribution is -2.66. The highest BCUT2D eigenvalue weighted by atomic mass is 16.5. The third-order valence-corrected chi connectivity index (χ3v) is 13.7. The lowest BCUT2D eigenvalue weighted by Gasteiger charge is -2.72. The maximum absolute atomic E-state index is 13.9. The molecule has 0 aliphatic heterocycles. The van der Waals surface area contributed by atoms with Crippen molar-refractivity contribution in [2.75, 3.05) is 7.11 Å². The van der Waals surface area contributed by atoms with Crippen LogP contribution in [0.2, 0.25) is 0 Å². The quantitative estimate of drug-likeness (QED) is 0.360. The number of methoxy groups -OCH3 is 1. The molecule has 4 saturated carbocycles. The van der Waals surface area contributed by atoms with Crippen LogP contribution in [0.5, 0.6) is 0 Å². The second-order valence-electron chi connectivity index (χ2n) is 15.7. The van der Waals surface area contributed by atoms with Gasteiger partial charge in [-0.25, -0.2) is 0 Å². The summed E-state index contributed by atoms with van der Waals surface area (Å²) in [5.74, 6) is 1.30. The minimum atomic E-state index is -0.823. The number of fused-ring (bicyclic) bond motifs is 9. The molecule has 224 valence electrons. The SMILES string of the molecule is COC(=O)[C@@]12CC[C@]3(C)[C@H](CC[C@@H]4[C@@]5(C)CC[C@H](OC(C)=O)C(C)(C)[C@@H]5CC[C@]43C)C1=C(C(C)C)c1nccnc12. The second-order valence-corrected chi connectivity index (χ2v) is 15.7. The number of carbonyl (C=O) groups is 2. The maximum Gasteiger partial charge on any atom is 0.322 e. The van der Waals surface area contributed by atoms with Gasteiger partial charge < -0.3 is 9.47 Å². The van der Waals surface area contributed by atoms with Crippen molar-refractivity contribution in [3.8, 4) is 0 Å². The number of nitrogens with zero attached hydrogens (tertiary/aromatic N) is 2. The molecular formula is C35H50N2O4. The molecule has 5 aliphatic rings. The molecule has 0 aromatic carbocycles. The minimum absolute atomic E-state index is 0.0135. The van der Waals surface area contributed by atoms with E-state index in [2.05, 4.69) is 48.5 Å². The Bertz CT molecular complexity index is 1320. The highest BCUT2D eigenvalue weighted by Crippen LogP contribution is 2.77. The van der Waals surface area contributed by atoms with Crippen LogP contribution in [0.3, 0.4) is 0 Å². The van der Waals surface area contributed by atoms with Crippen LogP contribution >= 0.6 is 0 Å². The first-order chi connectivity index (χ1) is 19.2. The van der Waals surface area contributed by atoms with Gasteiger partial charge in [0.1, 0.15) is 11.5 Å². The zero-order valence-electron chi connectivity index (χ0n) is 26.7. The molecule has 6 rings (SSSR count). The van der Waals surface area contributed by atoms with Gasteiger partial charge in [0.2, 0.25) is 0 Å². The summed E-state index contributed by atoms with van der Waals surface area (Å²) in [7, 11) is 1.53. The zero-order chi connectivity index (χ0) is 29.8. The standard InChI is InChI=1S/C35H50N2O4/c1-20(2)26-27-22-10-11-24-32(6)14-13-25(41-21(3)38)31(4,5)23(32)12-15-34(24,8)33(22,7)16-17-35(27,30(39)40-9)29-28(26)36-18-19-37-29/h18-20,22-25H,10-17H2,1-9H3/t22-,23+,24-,25+,32+,33-,34-,35+/m1/s1. The zero-order valence-corrected chi connectivity index (χ0v) is 26.7. The molecule has 8 atom stereocenters. The molecule has 41 heavy (non-hydrogen) atoms. The van der Waals surface area contributed by atoms with Crippen molar-refractivity contribution < 1.29 is 19.1 Å². The first-order valence-corrected chi connectivity index (χ1v) is 16.0. The molecule has 6 nitrogen and oxygen atoms in total. The van der Waals surface area contributed by atoms with Gasteiger partial charge in [-0.2, -0.15) is 0 Å². The van der Waals surface area contributed by atoms with Crippen molar-refractivity contribution in [1.29, 1.82) is 0 Å². The van der Waals surface area contributed by atoms with Crippen LogP contribution < -0.4 is 0 Å². The van der Waals surface area contributed by atoms with Crippen LogP contribution in [-0.2, 0) is 24.5 Å². The first kappa shape index (κ1) is 28.9. The lowest BCUT2D eigenvalue weighted by molar-refractivity contribution is -0.231. The van der Waals surface area contributed by atoms with Gasteiger partial charge in [-0.3, -0.25) is 19.6 Å². The molecule has 0 spiro atoms. The Morgan fingerprint density at radius 3 is 2.24 bits per heavy atom. The average Bonchev–Trinajstić information content (AvgIpc) is 3.22. The van der Waals surface area contributed by atoms with E-state index in [1.54, 1.807) is 19.3 Å². The van der Waals surface area contributed by atoms with Crippen LogP contribution in [0.25, 0.3) is 5.57 Å². The Kier molecular flexibility index (Phi) is 6.43. The fourth-order valence-electron chi connectivity index (χ4n) is 11.8. The normalized spacial score (nSPS) is 42.4. The van der Waals surface area contributed by atoms with Crippen LogP contribution in [0, 0.1) is 45.3 Å². The minimum Gasteiger partial charge on any atom is -0.468 e. The molecule has 0 amide bonds. The Labute approximate surface area is 246 Å². The predicted octanol–water partition coefficient (Wildman–Crippen LogP) is 7.31. The van der Waals surface area contributed by atoms with E-state index in [-0.39, 0.29) is 51.5 Å². The smallest absolute Gasteiger partial charge is 0.322 e. The molecule has 0 N–H and O–H groups in total. The third-order valence-electron chi connectivity index (χ3n) is 13.7. The van der Waals surface area contributed by atoms with Crippen LogP contribution in [0.15, 0.2) is 18.0 Å². The molecule has 0 radical (unpaired) electrons. The van der Waals surface area contributed by atoms with E-state index in [0.717, 1.165) is 56.3 Å². The molecule has 1 aromatic rings. The predicted molar refractivity (Wildman–Crippen MR) is 159 cm³/mol.